The van der Waals surface area contributed by atoms with Crippen molar-refractivity contribution in [1.82, 2.24) is 19.9 Å². The summed E-state index contributed by atoms with van der Waals surface area (Å²) < 4.78 is 1.65. The first kappa shape index (κ1) is 14.7. The lowest BCUT2D eigenvalue weighted by molar-refractivity contribution is 0.0640. The van der Waals surface area contributed by atoms with E-state index in [0.717, 1.165) is 18.4 Å². The molecule has 0 saturated heterocycles. The van der Waals surface area contributed by atoms with Gasteiger partial charge in [0.1, 0.15) is 0 Å². The summed E-state index contributed by atoms with van der Waals surface area (Å²) in [6.07, 6.45) is 3.32. The van der Waals surface area contributed by atoms with E-state index in [-0.39, 0.29) is 5.91 Å². The lowest BCUT2D eigenvalue weighted by Crippen LogP contribution is -2.35. The van der Waals surface area contributed by atoms with Crippen molar-refractivity contribution in [2.24, 2.45) is 5.92 Å². The number of aliphatic hydroxyl groups is 1. The van der Waals surface area contributed by atoms with Gasteiger partial charge in [-0.25, -0.2) is 4.68 Å². The first-order valence-corrected chi connectivity index (χ1v) is 7.51. The molecule has 1 fully saturated rings. The first-order valence-electron chi connectivity index (χ1n) is 7.51. The molecule has 1 aromatic carbocycles. The van der Waals surface area contributed by atoms with Gasteiger partial charge in [0.25, 0.3) is 5.91 Å². The van der Waals surface area contributed by atoms with Crippen LogP contribution in [0.4, 0.5) is 0 Å². The molecule has 6 heteroatoms. The highest BCUT2D eigenvalue weighted by Gasteiger charge is 2.31. The lowest BCUT2D eigenvalue weighted by Gasteiger charge is -2.19. The van der Waals surface area contributed by atoms with Gasteiger partial charge in [-0.15, -0.1) is 5.10 Å². The van der Waals surface area contributed by atoms with Gasteiger partial charge in [-0.2, -0.15) is 0 Å². The Morgan fingerprint density at radius 1 is 1.41 bits per heavy atom. The molecule has 1 amide bonds. The Kier molecular flexibility index (Phi) is 4.20. The van der Waals surface area contributed by atoms with Gasteiger partial charge in [0.2, 0.25) is 0 Å². The molecule has 0 radical (unpaired) electrons. The van der Waals surface area contributed by atoms with Gasteiger partial charge < -0.3 is 10.0 Å². The lowest BCUT2D eigenvalue weighted by atomic mass is 10.2. The monoisotopic (exact) mass is 300 g/mol. The Labute approximate surface area is 129 Å². The number of aliphatic hydroxyl groups excluding tert-OH is 1. The fraction of sp³-hybridized carbons (Fsp3) is 0.438. The number of hydrogen-bond acceptors (Lipinski definition) is 4. The predicted molar refractivity (Wildman–Crippen MR) is 81.3 cm³/mol. The smallest absolute Gasteiger partial charge is 0.275 e. The van der Waals surface area contributed by atoms with Crippen LogP contribution < -0.4 is 0 Å². The van der Waals surface area contributed by atoms with Crippen LogP contribution >= 0.6 is 0 Å². The number of aromatic nitrogens is 3. The zero-order chi connectivity index (χ0) is 15.5. The quantitative estimate of drug-likeness (QED) is 0.869. The van der Waals surface area contributed by atoms with Crippen molar-refractivity contribution in [3.8, 4) is 0 Å². The molecule has 1 aliphatic carbocycles. The van der Waals surface area contributed by atoms with E-state index in [1.807, 2.05) is 30.3 Å². The SMILES string of the molecule is CN(CC(O)C1CC1)C(=O)c1cn(Cc2ccccc2)nn1. The third-order valence-corrected chi connectivity index (χ3v) is 3.92. The van der Waals surface area contributed by atoms with E-state index in [9.17, 15) is 9.90 Å². The summed E-state index contributed by atoms with van der Waals surface area (Å²) in [7, 11) is 1.68. The van der Waals surface area contributed by atoms with Crippen LogP contribution in [0.2, 0.25) is 0 Å². The average Bonchev–Trinajstić information content (AvgIpc) is 3.28. The van der Waals surface area contributed by atoms with E-state index in [1.54, 1.807) is 17.9 Å². The van der Waals surface area contributed by atoms with Crippen LogP contribution in [0.25, 0.3) is 0 Å². The van der Waals surface area contributed by atoms with E-state index >= 15 is 0 Å². The summed E-state index contributed by atoms with van der Waals surface area (Å²) in [6, 6.07) is 9.89. The summed E-state index contributed by atoms with van der Waals surface area (Å²) in [4.78, 5) is 13.8. The number of benzene rings is 1. The topological polar surface area (TPSA) is 71.2 Å². The van der Waals surface area contributed by atoms with Crippen LogP contribution in [0.3, 0.4) is 0 Å². The van der Waals surface area contributed by atoms with E-state index in [1.165, 1.54) is 4.90 Å². The second-order valence-electron chi connectivity index (χ2n) is 5.88. The molecule has 1 heterocycles. The number of carbonyl (C=O) groups is 1. The first-order chi connectivity index (χ1) is 10.6. The van der Waals surface area contributed by atoms with E-state index in [2.05, 4.69) is 10.3 Å². The molecule has 2 aromatic rings. The second-order valence-corrected chi connectivity index (χ2v) is 5.88. The number of rotatable bonds is 6. The highest BCUT2D eigenvalue weighted by molar-refractivity contribution is 5.91. The minimum Gasteiger partial charge on any atom is -0.391 e. The fourth-order valence-electron chi connectivity index (χ4n) is 2.43. The summed E-state index contributed by atoms with van der Waals surface area (Å²) in [5, 5.41) is 17.9. The number of nitrogens with zero attached hydrogens (tertiary/aromatic N) is 4. The van der Waals surface area contributed by atoms with Crippen LogP contribution in [-0.2, 0) is 6.54 Å². The Morgan fingerprint density at radius 3 is 2.82 bits per heavy atom. The predicted octanol–water partition coefficient (Wildman–Crippen LogP) is 1.17. The van der Waals surface area contributed by atoms with Crippen molar-refractivity contribution in [2.75, 3.05) is 13.6 Å². The summed E-state index contributed by atoms with van der Waals surface area (Å²) >= 11 is 0. The molecule has 0 aliphatic heterocycles. The molecule has 22 heavy (non-hydrogen) atoms. The van der Waals surface area contributed by atoms with Crippen LogP contribution in [0.5, 0.6) is 0 Å². The van der Waals surface area contributed by atoms with Crippen molar-refractivity contribution in [3.63, 3.8) is 0 Å². The number of hydrogen-bond donors (Lipinski definition) is 1. The van der Waals surface area contributed by atoms with Gasteiger partial charge in [0.05, 0.1) is 18.8 Å². The third kappa shape index (κ3) is 3.51. The van der Waals surface area contributed by atoms with E-state index in [4.69, 9.17) is 0 Å². The molecule has 116 valence electrons. The Balaban J connectivity index is 1.61. The molecule has 1 aliphatic rings. The number of likely N-dealkylation sites (N-methyl/N-ethyl adjacent to an activating group) is 1. The molecule has 0 bridgehead atoms. The van der Waals surface area contributed by atoms with Crippen LogP contribution in [0, 0.1) is 5.92 Å². The minimum atomic E-state index is -0.437. The van der Waals surface area contributed by atoms with Crippen LogP contribution in [-0.4, -0.2) is 50.6 Å². The minimum absolute atomic E-state index is 0.209. The molecule has 1 saturated carbocycles. The maximum Gasteiger partial charge on any atom is 0.275 e. The molecular weight excluding hydrogens is 280 g/mol. The van der Waals surface area contributed by atoms with E-state index in [0.29, 0.717) is 24.7 Å². The normalized spacial score (nSPS) is 15.5. The summed E-state index contributed by atoms with van der Waals surface area (Å²) in [5.74, 6) is 0.142. The van der Waals surface area contributed by atoms with Crippen LogP contribution in [0.15, 0.2) is 36.5 Å². The van der Waals surface area contributed by atoms with Gasteiger partial charge in [0.15, 0.2) is 5.69 Å². The maximum absolute atomic E-state index is 12.3. The summed E-state index contributed by atoms with van der Waals surface area (Å²) in [5.41, 5.74) is 1.41. The Bertz CT molecular complexity index is 637. The van der Waals surface area contributed by atoms with Crippen molar-refractivity contribution in [1.29, 1.82) is 0 Å². The van der Waals surface area contributed by atoms with Crippen molar-refractivity contribution >= 4 is 5.91 Å². The summed E-state index contributed by atoms with van der Waals surface area (Å²) in [6.45, 7) is 0.921. The zero-order valence-corrected chi connectivity index (χ0v) is 12.6. The number of carbonyl (C=O) groups excluding carboxylic acids is 1. The van der Waals surface area contributed by atoms with Gasteiger partial charge >= 0.3 is 0 Å². The largest absolute Gasteiger partial charge is 0.391 e. The molecule has 1 unspecified atom stereocenters. The second kappa shape index (κ2) is 6.27. The van der Waals surface area contributed by atoms with Crippen molar-refractivity contribution < 1.29 is 9.90 Å². The third-order valence-electron chi connectivity index (χ3n) is 3.92. The van der Waals surface area contributed by atoms with Crippen molar-refractivity contribution in [2.45, 2.75) is 25.5 Å². The number of amides is 1. The van der Waals surface area contributed by atoms with E-state index < -0.39 is 6.10 Å². The highest BCUT2D eigenvalue weighted by Crippen LogP contribution is 2.32. The van der Waals surface area contributed by atoms with Crippen LogP contribution in [0.1, 0.15) is 28.9 Å². The maximum atomic E-state index is 12.3. The molecular formula is C16H20N4O2. The molecule has 6 nitrogen and oxygen atoms in total. The molecule has 1 aromatic heterocycles. The van der Waals surface area contributed by atoms with Crippen molar-refractivity contribution in [3.05, 3.63) is 47.8 Å². The Hall–Kier alpha value is -2.21. The molecule has 0 spiro atoms. The average molecular weight is 300 g/mol. The molecule has 1 N–H and O–H groups in total. The fourth-order valence-corrected chi connectivity index (χ4v) is 2.43. The van der Waals surface area contributed by atoms with Gasteiger partial charge in [-0.3, -0.25) is 4.79 Å². The molecule has 1 atom stereocenters. The highest BCUT2D eigenvalue weighted by atomic mass is 16.3. The zero-order valence-electron chi connectivity index (χ0n) is 12.6. The van der Waals surface area contributed by atoms with Gasteiger partial charge in [0, 0.05) is 13.6 Å². The van der Waals surface area contributed by atoms with Gasteiger partial charge in [-0.1, -0.05) is 35.5 Å². The Morgan fingerprint density at radius 2 is 2.14 bits per heavy atom. The van der Waals surface area contributed by atoms with Gasteiger partial charge in [-0.05, 0) is 24.3 Å². The standard InChI is InChI=1S/C16H20N4O2/c1-19(11-15(21)13-7-8-13)16(22)14-10-20(18-17-14)9-12-5-3-2-4-6-12/h2-6,10,13,15,21H,7-9,11H2,1H3. The molecule has 3 rings (SSSR count).